The van der Waals surface area contributed by atoms with E-state index in [0.717, 1.165) is 12.1 Å². The molecule has 0 amide bonds. The van der Waals surface area contributed by atoms with Crippen molar-refractivity contribution in [3.8, 4) is 0 Å². The van der Waals surface area contributed by atoms with Gasteiger partial charge in [0.25, 0.3) is 0 Å². The number of rotatable bonds is 0. The summed E-state index contributed by atoms with van der Waals surface area (Å²) >= 11 is 5.21. The third-order valence-electron chi connectivity index (χ3n) is 0.815. The van der Waals surface area contributed by atoms with Gasteiger partial charge in [0.15, 0.2) is 0 Å². The SMILES string of the molecule is Fc1[c-]c(F)c(Cl)cc1.[CH3-].[CH3-].[Y+3]. The van der Waals surface area contributed by atoms with Gasteiger partial charge in [-0.1, -0.05) is 0 Å². The minimum absolute atomic E-state index is 0. The maximum atomic E-state index is 12.2. The fraction of sp³-hybridized carbons (Fsp3) is 0. The van der Waals surface area contributed by atoms with E-state index in [2.05, 4.69) is 0 Å². The van der Waals surface area contributed by atoms with Crippen molar-refractivity contribution in [2.75, 3.05) is 0 Å². The van der Waals surface area contributed by atoms with Crippen LogP contribution in [-0.2, 0) is 32.7 Å². The van der Waals surface area contributed by atoms with Crippen molar-refractivity contribution in [2.45, 2.75) is 0 Å². The molecule has 0 saturated carbocycles. The topological polar surface area (TPSA) is 0 Å². The Hall–Kier alpha value is 0.474. The van der Waals surface area contributed by atoms with Gasteiger partial charge in [-0.15, -0.1) is 18.2 Å². The van der Waals surface area contributed by atoms with E-state index in [1.54, 1.807) is 6.07 Å². The van der Waals surface area contributed by atoms with Crippen molar-refractivity contribution in [2.24, 2.45) is 0 Å². The molecule has 0 aliphatic carbocycles. The fourth-order valence-corrected chi connectivity index (χ4v) is 0.536. The van der Waals surface area contributed by atoms with Crippen molar-refractivity contribution >= 4 is 11.6 Å². The van der Waals surface area contributed by atoms with Crippen molar-refractivity contribution in [1.82, 2.24) is 0 Å². The van der Waals surface area contributed by atoms with E-state index >= 15 is 0 Å². The second-order valence-electron chi connectivity index (χ2n) is 1.47. The fourth-order valence-electron chi connectivity index (χ4n) is 0.426. The molecule has 0 radical (unpaired) electrons. The number of hydrogen-bond acceptors (Lipinski definition) is 0. The van der Waals surface area contributed by atoms with Gasteiger partial charge in [-0.3, -0.25) is 0 Å². The summed E-state index contributed by atoms with van der Waals surface area (Å²) < 4.78 is 24.1. The average Bonchev–Trinajstić information content (AvgIpc) is 1.80. The molecule has 0 aliphatic heterocycles. The second kappa shape index (κ2) is 8.09. The Morgan fingerprint density at radius 3 is 2.00 bits per heavy atom. The first-order valence-corrected chi connectivity index (χ1v) is 2.61. The van der Waals surface area contributed by atoms with Gasteiger partial charge in [-0.05, 0) is 5.02 Å². The maximum absolute atomic E-state index is 12.2. The molecule has 0 heterocycles. The molecular weight excluding hydrogens is 258 g/mol. The van der Waals surface area contributed by atoms with Gasteiger partial charge in [-0.2, -0.15) is 11.6 Å². The second-order valence-corrected chi connectivity index (χ2v) is 1.88. The quantitative estimate of drug-likeness (QED) is 0.499. The van der Waals surface area contributed by atoms with Gasteiger partial charge in [0.05, 0.1) is 0 Å². The number of benzene rings is 1. The van der Waals surface area contributed by atoms with Crippen LogP contribution in [0.1, 0.15) is 0 Å². The molecule has 4 heteroatoms. The molecule has 0 spiro atoms. The first-order valence-electron chi connectivity index (χ1n) is 2.23. The molecule has 0 N–H and O–H groups in total. The van der Waals surface area contributed by atoms with E-state index in [-0.39, 0.29) is 52.6 Å². The van der Waals surface area contributed by atoms with E-state index in [1.165, 1.54) is 0 Å². The van der Waals surface area contributed by atoms with E-state index < -0.39 is 11.6 Å². The van der Waals surface area contributed by atoms with Crippen LogP contribution >= 0.6 is 11.6 Å². The molecule has 0 atom stereocenters. The minimum atomic E-state index is -0.850. The normalized spacial score (nSPS) is 7.25. The van der Waals surface area contributed by atoms with Crippen molar-refractivity contribution < 1.29 is 41.5 Å². The standard InChI is InChI=1S/C6H2ClF2.2CH3.Y/c7-5-2-1-4(8)3-6(5)9;;;/h1-2H;2*1H3;/q3*-1;+3. The molecule has 0 nitrogen and oxygen atoms in total. The van der Waals surface area contributed by atoms with Crippen LogP contribution < -0.4 is 0 Å². The zero-order valence-electron chi connectivity index (χ0n) is 6.87. The summed E-state index contributed by atoms with van der Waals surface area (Å²) in [5.74, 6) is -1.59. The number of halogens is 3. The van der Waals surface area contributed by atoms with E-state index in [4.69, 9.17) is 11.6 Å². The Bertz CT molecular complexity index is 228. The largest absolute Gasteiger partial charge is 3.00 e. The summed E-state index contributed by atoms with van der Waals surface area (Å²) in [6.45, 7) is 0. The first-order chi connectivity index (χ1) is 4.20. The van der Waals surface area contributed by atoms with Crippen LogP contribution in [0.5, 0.6) is 0 Å². The van der Waals surface area contributed by atoms with Gasteiger partial charge >= 0.3 is 32.7 Å². The Kier molecular flexibility index (Phi) is 12.3. The summed E-state index contributed by atoms with van der Waals surface area (Å²) in [5, 5.41) is -0.114. The summed E-state index contributed by atoms with van der Waals surface area (Å²) in [7, 11) is 0. The van der Waals surface area contributed by atoms with Crippen LogP contribution in [0.2, 0.25) is 5.02 Å². The van der Waals surface area contributed by atoms with E-state index in [0.29, 0.717) is 0 Å². The zero-order chi connectivity index (χ0) is 6.85. The maximum Gasteiger partial charge on any atom is 3.00 e. The molecule has 1 rings (SSSR count). The molecule has 0 bridgehead atoms. The Morgan fingerprint density at radius 2 is 1.67 bits per heavy atom. The molecule has 0 aliphatic rings. The molecule has 64 valence electrons. The summed E-state index contributed by atoms with van der Waals surface area (Å²) in [5.41, 5.74) is 0. The van der Waals surface area contributed by atoms with Crippen LogP contribution in [-0.4, -0.2) is 0 Å². The zero-order valence-corrected chi connectivity index (χ0v) is 10.5. The van der Waals surface area contributed by atoms with Gasteiger partial charge in [0.2, 0.25) is 0 Å². The number of hydrogen-bond donors (Lipinski definition) is 0. The first kappa shape index (κ1) is 18.3. The minimum Gasteiger partial charge on any atom is -0.358 e. The average molecular weight is 267 g/mol. The molecule has 0 aromatic heterocycles. The Balaban J connectivity index is -0.000000270. The third kappa shape index (κ3) is 5.18. The molecule has 1 aromatic carbocycles. The Labute approximate surface area is 102 Å². The van der Waals surface area contributed by atoms with Gasteiger partial charge < -0.3 is 14.9 Å². The van der Waals surface area contributed by atoms with Gasteiger partial charge in [0, 0.05) is 11.6 Å². The van der Waals surface area contributed by atoms with E-state index in [9.17, 15) is 8.78 Å². The van der Waals surface area contributed by atoms with Crippen LogP contribution in [0, 0.1) is 32.6 Å². The van der Waals surface area contributed by atoms with Gasteiger partial charge in [-0.25, -0.2) is 8.78 Å². The monoisotopic (exact) mass is 266 g/mol. The molecule has 1 aromatic rings. The molecule has 0 unspecified atom stereocenters. The van der Waals surface area contributed by atoms with Crippen molar-refractivity contribution in [1.29, 1.82) is 0 Å². The summed E-state index contributed by atoms with van der Waals surface area (Å²) in [6, 6.07) is 3.96. The molecule has 12 heavy (non-hydrogen) atoms. The van der Waals surface area contributed by atoms with Crippen LogP contribution in [0.4, 0.5) is 8.78 Å². The van der Waals surface area contributed by atoms with Crippen molar-refractivity contribution in [3.05, 3.63) is 49.7 Å². The molecule has 0 saturated heterocycles. The third-order valence-corrected chi connectivity index (χ3v) is 1.11. The van der Waals surface area contributed by atoms with Crippen LogP contribution in [0.25, 0.3) is 0 Å². The van der Waals surface area contributed by atoms with Gasteiger partial charge in [0.1, 0.15) is 0 Å². The summed E-state index contributed by atoms with van der Waals surface area (Å²) in [4.78, 5) is 0. The smallest absolute Gasteiger partial charge is 0.358 e. The van der Waals surface area contributed by atoms with E-state index in [1.807, 2.05) is 0 Å². The van der Waals surface area contributed by atoms with Crippen molar-refractivity contribution in [3.63, 3.8) is 0 Å². The van der Waals surface area contributed by atoms with Crippen LogP contribution in [0.15, 0.2) is 12.1 Å². The molecular formula is C8H8ClF2Y. The molecule has 0 fully saturated rings. The Morgan fingerprint density at radius 1 is 1.17 bits per heavy atom. The summed E-state index contributed by atoms with van der Waals surface area (Å²) in [6.07, 6.45) is 0. The van der Waals surface area contributed by atoms with Crippen LogP contribution in [0.3, 0.4) is 0 Å². The predicted molar refractivity (Wildman–Crippen MR) is 43.0 cm³/mol. The predicted octanol–water partition coefficient (Wildman–Crippen LogP) is 3.32.